The number of fused-ring (bicyclic) bond motifs is 1. The fourth-order valence-electron chi connectivity index (χ4n) is 2.44. The molecule has 3 aromatic heterocycles. The smallest absolute Gasteiger partial charge is 0.292 e. The number of hydrogen-bond acceptors (Lipinski definition) is 8. The molecule has 2 N–H and O–H groups in total. The van der Waals surface area contributed by atoms with Crippen molar-refractivity contribution in [2.75, 3.05) is 11.6 Å². The molecule has 0 unspecified atom stereocenters. The number of aromatic amines is 1. The molecule has 0 aliphatic carbocycles. The summed E-state index contributed by atoms with van der Waals surface area (Å²) in [7, 11) is -3.69. The van der Waals surface area contributed by atoms with Gasteiger partial charge in [-0.15, -0.1) is 0 Å². The highest BCUT2D eigenvalue weighted by molar-refractivity contribution is 7.90. The van der Waals surface area contributed by atoms with E-state index >= 15 is 0 Å². The first-order valence-electron chi connectivity index (χ1n) is 8.03. The Kier molecular flexibility index (Phi) is 4.28. The lowest BCUT2D eigenvalue weighted by Gasteiger charge is -2.06. The maximum absolute atomic E-state index is 12.3. The predicted molar refractivity (Wildman–Crippen MR) is 101 cm³/mol. The van der Waals surface area contributed by atoms with E-state index in [2.05, 4.69) is 25.4 Å². The minimum absolute atomic E-state index is 0.0533. The van der Waals surface area contributed by atoms with Crippen LogP contribution >= 0.6 is 0 Å². The molecule has 10 nitrogen and oxygen atoms in total. The highest BCUT2D eigenvalue weighted by atomic mass is 32.2. The van der Waals surface area contributed by atoms with Crippen LogP contribution in [0.5, 0.6) is 11.5 Å². The lowest BCUT2D eigenvalue weighted by molar-refractivity contribution is 0.482. The average Bonchev–Trinajstić information content (AvgIpc) is 3.07. The van der Waals surface area contributed by atoms with Crippen molar-refractivity contribution in [3.05, 3.63) is 65.3 Å². The van der Waals surface area contributed by atoms with Crippen LogP contribution < -0.4 is 15.6 Å². The molecule has 0 spiro atoms. The molecular formula is C17H14N6O4S. The van der Waals surface area contributed by atoms with E-state index in [1.807, 2.05) is 0 Å². The van der Waals surface area contributed by atoms with Gasteiger partial charge < -0.3 is 10.1 Å². The van der Waals surface area contributed by atoms with E-state index in [0.29, 0.717) is 17.2 Å². The molecule has 4 rings (SSSR count). The molecule has 0 radical (unpaired) electrons. The van der Waals surface area contributed by atoms with E-state index in [0.717, 1.165) is 17.0 Å². The number of sulfone groups is 1. The van der Waals surface area contributed by atoms with Gasteiger partial charge in [0.15, 0.2) is 14.7 Å². The third-order valence-corrected chi connectivity index (χ3v) is 4.82. The molecule has 1 aromatic carbocycles. The molecule has 0 aliphatic rings. The van der Waals surface area contributed by atoms with Gasteiger partial charge in [-0.25, -0.2) is 13.4 Å². The van der Waals surface area contributed by atoms with Crippen LogP contribution in [0.3, 0.4) is 0 Å². The first-order chi connectivity index (χ1) is 13.4. The molecule has 4 aromatic rings. The molecule has 28 heavy (non-hydrogen) atoms. The molecule has 0 amide bonds. The Morgan fingerprint density at radius 1 is 1.07 bits per heavy atom. The van der Waals surface area contributed by atoms with Crippen molar-refractivity contribution < 1.29 is 13.2 Å². The van der Waals surface area contributed by atoms with Crippen LogP contribution in [0.1, 0.15) is 0 Å². The van der Waals surface area contributed by atoms with E-state index < -0.39 is 20.3 Å². The molecule has 3 heterocycles. The van der Waals surface area contributed by atoms with Crippen molar-refractivity contribution in [3.63, 3.8) is 0 Å². The van der Waals surface area contributed by atoms with Crippen LogP contribution in [0.25, 0.3) is 5.78 Å². The summed E-state index contributed by atoms with van der Waals surface area (Å²) in [6.07, 6.45) is 5.22. The Morgan fingerprint density at radius 2 is 1.75 bits per heavy atom. The lowest BCUT2D eigenvalue weighted by atomic mass is 10.3. The number of benzene rings is 1. The van der Waals surface area contributed by atoms with Gasteiger partial charge in [0.25, 0.3) is 11.3 Å². The molecule has 0 aliphatic heterocycles. The summed E-state index contributed by atoms with van der Waals surface area (Å²) >= 11 is 0. The van der Waals surface area contributed by atoms with Gasteiger partial charge in [-0.3, -0.25) is 14.9 Å². The summed E-state index contributed by atoms with van der Waals surface area (Å²) in [6, 6.07) is 10.5. The van der Waals surface area contributed by atoms with Gasteiger partial charge in [-0.05, 0) is 36.4 Å². The number of aromatic nitrogens is 5. The maximum atomic E-state index is 12.3. The number of ether oxygens (including phenoxy) is 1. The van der Waals surface area contributed by atoms with Crippen molar-refractivity contribution in [1.82, 2.24) is 24.6 Å². The third kappa shape index (κ3) is 3.55. The Bertz CT molecular complexity index is 1300. The summed E-state index contributed by atoms with van der Waals surface area (Å²) in [6.45, 7) is 0. The van der Waals surface area contributed by atoms with E-state index in [1.54, 1.807) is 48.8 Å². The zero-order chi connectivity index (χ0) is 19.7. The number of H-pyrrole nitrogens is 1. The standard InChI is InChI=1S/C17H14N6O4S/c1-28(25,26)14-10-19-17-21-16(22-23(17)15(14)24)20-11-2-4-12(5-3-11)27-13-6-8-18-9-7-13/h2-10H,1H3,(H2,19,20,21,22). The second kappa shape index (κ2) is 6.78. The first-order valence-corrected chi connectivity index (χ1v) is 9.92. The van der Waals surface area contributed by atoms with Gasteiger partial charge in [-0.1, -0.05) is 0 Å². The van der Waals surface area contributed by atoms with E-state index in [1.165, 1.54) is 0 Å². The fraction of sp³-hybridized carbons (Fsp3) is 0.0588. The monoisotopic (exact) mass is 398 g/mol. The van der Waals surface area contributed by atoms with E-state index in [4.69, 9.17) is 4.74 Å². The molecule has 0 fully saturated rings. The zero-order valence-electron chi connectivity index (χ0n) is 14.5. The normalized spacial score (nSPS) is 11.5. The summed E-state index contributed by atoms with van der Waals surface area (Å²) in [5.74, 6) is 1.59. The number of rotatable bonds is 5. The van der Waals surface area contributed by atoms with Crippen molar-refractivity contribution in [1.29, 1.82) is 0 Å². The minimum atomic E-state index is -3.69. The van der Waals surface area contributed by atoms with Crippen LogP contribution in [0.4, 0.5) is 11.6 Å². The first kappa shape index (κ1) is 17.7. The molecule has 0 saturated heterocycles. The second-order valence-electron chi connectivity index (χ2n) is 5.84. The summed E-state index contributed by atoms with van der Waals surface area (Å²) in [5, 5.41) is 5.68. The number of pyridine rings is 1. The molecule has 11 heteroatoms. The minimum Gasteiger partial charge on any atom is -0.457 e. The van der Waals surface area contributed by atoms with Gasteiger partial charge >= 0.3 is 0 Å². The van der Waals surface area contributed by atoms with E-state index in [-0.39, 0.29) is 11.7 Å². The largest absolute Gasteiger partial charge is 0.457 e. The predicted octanol–water partition coefficient (Wildman–Crippen LogP) is 1.75. The van der Waals surface area contributed by atoms with Gasteiger partial charge in [0.2, 0.25) is 5.95 Å². The van der Waals surface area contributed by atoms with Gasteiger partial charge in [0.05, 0.1) is 6.20 Å². The van der Waals surface area contributed by atoms with Crippen molar-refractivity contribution in [2.45, 2.75) is 4.90 Å². The summed E-state index contributed by atoms with van der Waals surface area (Å²) < 4.78 is 29.9. The lowest BCUT2D eigenvalue weighted by Crippen LogP contribution is -2.22. The fourth-order valence-corrected chi connectivity index (χ4v) is 3.09. The summed E-state index contributed by atoms with van der Waals surface area (Å²) in [5.41, 5.74) is -0.0633. The number of anilines is 2. The van der Waals surface area contributed by atoms with Crippen LogP contribution in [-0.2, 0) is 9.84 Å². The third-order valence-electron chi connectivity index (χ3n) is 3.74. The topological polar surface area (TPSA) is 131 Å². The highest BCUT2D eigenvalue weighted by Crippen LogP contribution is 2.23. The number of hydrogen-bond donors (Lipinski definition) is 2. The Hall–Kier alpha value is -3.73. The number of nitrogens with one attached hydrogen (secondary N) is 2. The number of nitrogens with zero attached hydrogens (tertiary/aromatic N) is 4. The molecular weight excluding hydrogens is 384 g/mol. The Balaban J connectivity index is 1.56. The second-order valence-corrected chi connectivity index (χ2v) is 7.83. The molecule has 0 saturated carbocycles. The molecule has 0 bridgehead atoms. The Morgan fingerprint density at radius 3 is 2.43 bits per heavy atom. The van der Waals surface area contributed by atoms with Crippen LogP contribution in [0, 0.1) is 0 Å². The quantitative estimate of drug-likeness (QED) is 0.520. The summed E-state index contributed by atoms with van der Waals surface area (Å²) in [4.78, 5) is 23.8. The van der Waals surface area contributed by atoms with Gasteiger partial charge in [-0.2, -0.15) is 9.50 Å². The van der Waals surface area contributed by atoms with Crippen molar-refractivity contribution >= 4 is 27.3 Å². The molecule has 142 valence electrons. The van der Waals surface area contributed by atoms with Gasteiger partial charge in [0, 0.05) is 24.3 Å². The van der Waals surface area contributed by atoms with Crippen molar-refractivity contribution in [2.24, 2.45) is 0 Å². The average molecular weight is 398 g/mol. The van der Waals surface area contributed by atoms with Crippen LogP contribution in [0.2, 0.25) is 0 Å². The highest BCUT2D eigenvalue weighted by Gasteiger charge is 2.17. The van der Waals surface area contributed by atoms with Crippen LogP contribution in [-0.4, -0.2) is 39.2 Å². The van der Waals surface area contributed by atoms with E-state index in [9.17, 15) is 13.2 Å². The SMILES string of the molecule is CS(=O)(=O)c1cnc2nc(Nc3ccc(Oc4ccncc4)cc3)[nH]n2c1=O. The van der Waals surface area contributed by atoms with Crippen LogP contribution in [0.15, 0.2) is 64.7 Å². The van der Waals surface area contributed by atoms with Crippen molar-refractivity contribution in [3.8, 4) is 11.5 Å². The molecule has 0 atom stereocenters. The van der Waals surface area contributed by atoms with Gasteiger partial charge in [0.1, 0.15) is 11.5 Å². The Labute approximate surface area is 158 Å². The maximum Gasteiger partial charge on any atom is 0.292 e. The zero-order valence-corrected chi connectivity index (χ0v) is 15.3.